The van der Waals surface area contributed by atoms with Gasteiger partial charge in [-0.2, -0.15) is 0 Å². The van der Waals surface area contributed by atoms with E-state index in [1.54, 1.807) is 0 Å². The zero-order valence-corrected chi connectivity index (χ0v) is 13.0. The van der Waals surface area contributed by atoms with E-state index in [1.807, 2.05) is 0 Å². The largest absolute Gasteiger partial charge is 0.379 e. The Morgan fingerprint density at radius 3 is 2.67 bits per heavy atom. The molecule has 1 aliphatic carbocycles. The molecule has 0 radical (unpaired) electrons. The topological polar surface area (TPSA) is 53.6 Å². The highest BCUT2D eigenvalue weighted by Crippen LogP contribution is 2.38. The maximum atomic E-state index is 12.5. The van der Waals surface area contributed by atoms with Crippen molar-refractivity contribution < 1.29 is 9.53 Å². The molecule has 5 heteroatoms. The summed E-state index contributed by atoms with van der Waals surface area (Å²) in [6.45, 7) is 5.61. The molecule has 3 fully saturated rings. The SMILES string of the molecule is O=C(CC1(N2CCOCC2)CCCC1)NC1CCCNC1. The smallest absolute Gasteiger partial charge is 0.222 e. The molecule has 120 valence electrons. The minimum atomic E-state index is 0.107. The fourth-order valence-corrected chi connectivity index (χ4v) is 4.23. The summed E-state index contributed by atoms with van der Waals surface area (Å²) in [5, 5.41) is 6.62. The quantitative estimate of drug-likeness (QED) is 0.809. The van der Waals surface area contributed by atoms with Crippen molar-refractivity contribution in [2.24, 2.45) is 0 Å². The number of ether oxygens (including phenoxy) is 1. The van der Waals surface area contributed by atoms with Crippen LogP contribution in [0.4, 0.5) is 0 Å². The summed E-state index contributed by atoms with van der Waals surface area (Å²) in [6.07, 6.45) is 7.81. The zero-order chi connectivity index (χ0) is 14.5. The van der Waals surface area contributed by atoms with Gasteiger partial charge in [-0.1, -0.05) is 12.8 Å². The lowest BCUT2D eigenvalue weighted by Crippen LogP contribution is -2.55. The van der Waals surface area contributed by atoms with Crippen molar-refractivity contribution in [1.82, 2.24) is 15.5 Å². The van der Waals surface area contributed by atoms with Crippen molar-refractivity contribution in [2.75, 3.05) is 39.4 Å². The predicted molar refractivity (Wildman–Crippen MR) is 82.2 cm³/mol. The monoisotopic (exact) mass is 295 g/mol. The van der Waals surface area contributed by atoms with E-state index in [0.717, 1.165) is 45.8 Å². The number of hydrogen-bond donors (Lipinski definition) is 2. The minimum absolute atomic E-state index is 0.107. The molecule has 5 nitrogen and oxygen atoms in total. The molecule has 1 saturated carbocycles. The minimum Gasteiger partial charge on any atom is -0.379 e. The molecule has 0 bridgehead atoms. The number of carbonyl (C=O) groups is 1. The number of amides is 1. The molecule has 0 spiro atoms. The van der Waals surface area contributed by atoms with Gasteiger partial charge in [-0.05, 0) is 32.2 Å². The lowest BCUT2D eigenvalue weighted by molar-refractivity contribution is -0.126. The van der Waals surface area contributed by atoms with E-state index in [2.05, 4.69) is 15.5 Å². The second-order valence-corrected chi connectivity index (χ2v) is 6.82. The van der Waals surface area contributed by atoms with E-state index in [-0.39, 0.29) is 11.4 Å². The number of carbonyl (C=O) groups excluding carboxylic acids is 1. The second-order valence-electron chi connectivity index (χ2n) is 6.82. The number of morpholine rings is 1. The van der Waals surface area contributed by atoms with E-state index >= 15 is 0 Å². The highest BCUT2D eigenvalue weighted by atomic mass is 16.5. The third-order valence-corrected chi connectivity index (χ3v) is 5.37. The second kappa shape index (κ2) is 7.07. The van der Waals surface area contributed by atoms with Crippen LogP contribution in [0.2, 0.25) is 0 Å². The highest BCUT2D eigenvalue weighted by Gasteiger charge is 2.41. The number of hydrogen-bond acceptors (Lipinski definition) is 4. The summed E-state index contributed by atoms with van der Waals surface area (Å²) in [5.74, 6) is 0.247. The lowest BCUT2D eigenvalue weighted by Gasteiger charge is -2.43. The zero-order valence-electron chi connectivity index (χ0n) is 13.0. The molecule has 3 rings (SSSR count). The fourth-order valence-electron chi connectivity index (χ4n) is 4.23. The van der Waals surface area contributed by atoms with E-state index in [4.69, 9.17) is 4.74 Å². The van der Waals surface area contributed by atoms with Gasteiger partial charge >= 0.3 is 0 Å². The van der Waals surface area contributed by atoms with E-state index in [0.29, 0.717) is 12.5 Å². The molecule has 1 unspecified atom stereocenters. The Morgan fingerprint density at radius 1 is 1.24 bits per heavy atom. The third kappa shape index (κ3) is 3.76. The number of nitrogens with zero attached hydrogens (tertiary/aromatic N) is 1. The van der Waals surface area contributed by atoms with Crippen LogP contribution in [-0.4, -0.2) is 61.8 Å². The maximum Gasteiger partial charge on any atom is 0.222 e. The van der Waals surface area contributed by atoms with Gasteiger partial charge in [0.2, 0.25) is 5.91 Å². The summed E-state index contributed by atoms with van der Waals surface area (Å²) in [6, 6.07) is 0.328. The molecule has 2 saturated heterocycles. The summed E-state index contributed by atoms with van der Waals surface area (Å²) < 4.78 is 5.48. The molecule has 0 aromatic heterocycles. The summed E-state index contributed by atoms with van der Waals surface area (Å²) in [7, 11) is 0. The van der Waals surface area contributed by atoms with Crippen LogP contribution in [0, 0.1) is 0 Å². The van der Waals surface area contributed by atoms with Crippen molar-refractivity contribution in [3.8, 4) is 0 Å². The van der Waals surface area contributed by atoms with Crippen LogP contribution in [0.15, 0.2) is 0 Å². The first-order valence-corrected chi connectivity index (χ1v) is 8.61. The Bertz CT molecular complexity index is 343. The van der Waals surface area contributed by atoms with Crippen molar-refractivity contribution in [2.45, 2.75) is 56.5 Å². The summed E-state index contributed by atoms with van der Waals surface area (Å²) in [5.41, 5.74) is 0.107. The Kier molecular flexibility index (Phi) is 5.14. The Labute approximate surface area is 127 Å². The molecule has 0 aromatic carbocycles. The van der Waals surface area contributed by atoms with Gasteiger partial charge < -0.3 is 15.4 Å². The number of rotatable bonds is 4. The average molecular weight is 295 g/mol. The first kappa shape index (κ1) is 15.3. The molecule has 2 aliphatic heterocycles. The molecule has 1 atom stereocenters. The van der Waals surface area contributed by atoms with Crippen LogP contribution < -0.4 is 10.6 Å². The van der Waals surface area contributed by atoms with Crippen molar-refractivity contribution >= 4 is 5.91 Å². The Morgan fingerprint density at radius 2 is 2.00 bits per heavy atom. The van der Waals surface area contributed by atoms with Crippen molar-refractivity contribution in [1.29, 1.82) is 0 Å². The fraction of sp³-hybridized carbons (Fsp3) is 0.938. The van der Waals surface area contributed by atoms with Gasteiger partial charge in [-0.3, -0.25) is 9.69 Å². The van der Waals surface area contributed by atoms with Crippen LogP contribution in [0.5, 0.6) is 0 Å². The van der Waals surface area contributed by atoms with E-state index in [9.17, 15) is 4.79 Å². The summed E-state index contributed by atoms with van der Waals surface area (Å²) >= 11 is 0. The Balaban J connectivity index is 1.57. The maximum absolute atomic E-state index is 12.5. The van der Waals surface area contributed by atoms with E-state index < -0.39 is 0 Å². The van der Waals surface area contributed by atoms with Crippen molar-refractivity contribution in [3.05, 3.63) is 0 Å². The van der Waals surface area contributed by atoms with Crippen LogP contribution >= 0.6 is 0 Å². The van der Waals surface area contributed by atoms with Gasteiger partial charge in [0.1, 0.15) is 0 Å². The van der Waals surface area contributed by atoms with Gasteiger partial charge in [-0.15, -0.1) is 0 Å². The molecule has 0 aromatic rings. The highest BCUT2D eigenvalue weighted by molar-refractivity contribution is 5.77. The molecule has 2 heterocycles. The lowest BCUT2D eigenvalue weighted by atomic mass is 9.89. The third-order valence-electron chi connectivity index (χ3n) is 5.37. The predicted octanol–water partition coefficient (Wildman–Crippen LogP) is 0.890. The van der Waals surface area contributed by atoms with Gasteiger partial charge in [0.25, 0.3) is 0 Å². The van der Waals surface area contributed by atoms with Crippen LogP contribution in [0.25, 0.3) is 0 Å². The summed E-state index contributed by atoms with van der Waals surface area (Å²) in [4.78, 5) is 15.0. The van der Waals surface area contributed by atoms with Crippen LogP contribution in [0.3, 0.4) is 0 Å². The molecule has 1 amide bonds. The standard InChI is InChI=1S/C16H29N3O2/c20-15(18-14-4-3-7-17-13-14)12-16(5-1-2-6-16)19-8-10-21-11-9-19/h14,17H,1-13H2,(H,18,20). The normalized spacial score (nSPS) is 30.2. The first-order valence-electron chi connectivity index (χ1n) is 8.61. The first-order chi connectivity index (χ1) is 10.3. The van der Waals surface area contributed by atoms with E-state index in [1.165, 1.54) is 32.1 Å². The van der Waals surface area contributed by atoms with Gasteiger partial charge in [0.05, 0.1) is 13.2 Å². The van der Waals surface area contributed by atoms with Gasteiger partial charge in [0, 0.05) is 37.6 Å². The van der Waals surface area contributed by atoms with Crippen LogP contribution in [-0.2, 0) is 9.53 Å². The van der Waals surface area contributed by atoms with Gasteiger partial charge in [0.15, 0.2) is 0 Å². The van der Waals surface area contributed by atoms with Gasteiger partial charge in [-0.25, -0.2) is 0 Å². The average Bonchev–Trinajstić information content (AvgIpc) is 2.99. The molecular formula is C16H29N3O2. The van der Waals surface area contributed by atoms with Crippen molar-refractivity contribution in [3.63, 3.8) is 0 Å². The molecular weight excluding hydrogens is 266 g/mol. The molecule has 21 heavy (non-hydrogen) atoms. The number of piperidine rings is 1. The van der Waals surface area contributed by atoms with Crippen LogP contribution in [0.1, 0.15) is 44.9 Å². The molecule has 3 aliphatic rings. The molecule has 2 N–H and O–H groups in total. The Hall–Kier alpha value is -0.650. The number of nitrogens with one attached hydrogen (secondary N) is 2.